The van der Waals surface area contributed by atoms with Crippen molar-refractivity contribution in [3.8, 4) is 0 Å². The second-order valence-electron chi connectivity index (χ2n) is 6.72. The highest BCUT2D eigenvalue weighted by molar-refractivity contribution is 5.94. The summed E-state index contributed by atoms with van der Waals surface area (Å²) < 4.78 is 13.8. The van der Waals surface area contributed by atoms with Crippen molar-refractivity contribution in [2.45, 2.75) is 18.6 Å². The highest BCUT2D eigenvalue weighted by atomic mass is 19.1. The first kappa shape index (κ1) is 16.2. The van der Waals surface area contributed by atoms with E-state index in [2.05, 4.69) is 11.0 Å². The number of aliphatic hydroxyl groups is 1. The van der Waals surface area contributed by atoms with E-state index in [1.165, 1.54) is 17.7 Å². The van der Waals surface area contributed by atoms with Gasteiger partial charge in [-0.25, -0.2) is 4.39 Å². The number of hydrogen-bond acceptors (Lipinski definition) is 3. The van der Waals surface area contributed by atoms with Gasteiger partial charge in [-0.1, -0.05) is 36.4 Å². The first-order chi connectivity index (χ1) is 12.1. The topological polar surface area (TPSA) is 43.8 Å². The van der Waals surface area contributed by atoms with E-state index in [-0.39, 0.29) is 17.5 Å². The third kappa shape index (κ3) is 2.94. The maximum atomic E-state index is 13.8. The molecule has 0 radical (unpaired) electrons. The van der Waals surface area contributed by atoms with Gasteiger partial charge in [-0.3, -0.25) is 9.69 Å². The molecule has 1 fully saturated rings. The monoisotopic (exact) mass is 340 g/mol. The quantitative estimate of drug-likeness (QED) is 0.912. The number of amides is 1. The lowest BCUT2D eigenvalue weighted by molar-refractivity contribution is 0.0254. The SMILES string of the molecule is O=C(c1ccccc1F)N1CCN(C2Cc3ccccc3C2O)CC1. The molecule has 1 aliphatic carbocycles. The second kappa shape index (κ2) is 6.58. The van der Waals surface area contributed by atoms with Crippen LogP contribution in [0.25, 0.3) is 0 Å². The van der Waals surface area contributed by atoms with Crippen LogP contribution in [-0.2, 0) is 6.42 Å². The molecule has 0 bridgehead atoms. The van der Waals surface area contributed by atoms with Crippen molar-refractivity contribution in [1.29, 1.82) is 0 Å². The summed E-state index contributed by atoms with van der Waals surface area (Å²) >= 11 is 0. The Bertz CT molecular complexity index is 787. The standard InChI is InChI=1S/C20H21FN2O2/c21-17-8-4-3-7-16(17)20(25)23-11-9-22(10-12-23)18-13-14-5-1-2-6-15(14)19(18)24/h1-8,18-19,24H,9-13H2. The molecule has 1 saturated heterocycles. The highest BCUT2D eigenvalue weighted by Crippen LogP contribution is 2.34. The van der Waals surface area contributed by atoms with Crippen molar-refractivity contribution in [2.75, 3.05) is 26.2 Å². The molecule has 1 N–H and O–H groups in total. The van der Waals surface area contributed by atoms with Crippen LogP contribution in [0.1, 0.15) is 27.6 Å². The van der Waals surface area contributed by atoms with Gasteiger partial charge in [0.05, 0.1) is 11.7 Å². The van der Waals surface area contributed by atoms with Gasteiger partial charge in [0.15, 0.2) is 0 Å². The number of hydrogen-bond donors (Lipinski definition) is 1. The van der Waals surface area contributed by atoms with E-state index in [9.17, 15) is 14.3 Å². The molecule has 1 amide bonds. The zero-order valence-corrected chi connectivity index (χ0v) is 13.9. The van der Waals surface area contributed by atoms with E-state index in [1.807, 2.05) is 18.2 Å². The summed E-state index contributed by atoms with van der Waals surface area (Å²) in [4.78, 5) is 16.5. The fourth-order valence-electron chi connectivity index (χ4n) is 3.94. The van der Waals surface area contributed by atoms with Gasteiger partial charge in [-0.2, -0.15) is 0 Å². The number of rotatable bonds is 2. The number of carbonyl (C=O) groups excluding carboxylic acids is 1. The van der Waals surface area contributed by atoms with Gasteiger partial charge in [0, 0.05) is 32.2 Å². The first-order valence-corrected chi connectivity index (χ1v) is 8.69. The van der Waals surface area contributed by atoms with Gasteiger partial charge in [0.2, 0.25) is 0 Å². The Kier molecular flexibility index (Phi) is 4.27. The minimum atomic E-state index is -0.481. The van der Waals surface area contributed by atoms with Gasteiger partial charge in [-0.05, 0) is 29.7 Å². The molecule has 2 aromatic rings. The van der Waals surface area contributed by atoms with E-state index >= 15 is 0 Å². The molecule has 2 atom stereocenters. The van der Waals surface area contributed by atoms with Gasteiger partial charge >= 0.3 is 0 Å². The van der Waals surface area contributed by atoms with Crippen molar-refractivity contribution in [3.05, 3.63) is 71.0 Å². The molecule has 2 aromatic carbocycles. The molecule has 4 rings (SSSR count). The minimum Gasteiger partial charge on any atom is -0.387 e. The number of fused-ring (bicyclic) bond motifs is 1. The van der Waals surface area contributed by atoms with E-state index < -0.39 is 11.9 Å². The van der Waals surface area contributed by atoms with Crippen LogP contribution in [0.15, 0.2) is 48.5 Å². The summed E-state index contributed by atoms with van der Waals surface area (Å²) in [6, 6.07) is 14.2. The van der Waals surface area contributed by atoms with Gasteiger partial charge in [-0.15, -0.1) is 0 Å². The second-order valence-corrected chi connectivity index (χ2v) is 6.72. The normalized spacial score (nSPS) is 23.5. The molecule has 0 saturated carbocycles. The number of benzene rings is 2. The molecule has 2 unspecified atom stereocenters. The largest absolute Gasteiger partial charge is 0.387 e. The molecule has 25 heavy (non-hydrogen) atoms. The van der Waals surface area contributed by atoms with E-state index in [0.29, 0.717) is 26.2 Å². The van der Waals surface area contributed by atoms with Gasteiger partial charge < -0.3 is 10.0 Å². The average Bonchev–Trinajstić information content (AvgIpc) is 2.99. The molecule has 0 spiro atoms. The van der Waals surface area contributed by atoms with Crippen LogP contribution in [0.4, 0.5) is 4.39 Å². The third-order valence-electron chi connectivity index (χ3n) is 5.34. The summed E-state index contributed by atoms with van der Waals surface area (Å²) in [6.07, 6.45) is 0.350. The fraction of sp³-hybridized carbons (Fsp3) is 0.350. The Morgan fingerprint density at radius 1 is 1.00 bits per heavy atom. The van der Waals surface area contributed by atoms with Crippen LogP contribution < -0.4 is 0 Å². The van der Waals surface area contributed by atoms with Crippen LogP contribution in [0.2, 0.25) is 0 Å². The summed E-state index contributed by atoms with van der Waals surface area (Å²) in [7, 11) is 0. The van der Waals surface area contributed by atoms with Crippen molar-refractivity contribution >= 4 is 5.91 Å². The predicted octanol–water partition coefficient (Wildman–Crippen LogP) is 2.24. The summed E-state index contributed by atoms with van der Waals surface area (Å²) in [6.45, 7) is 2.48. The predicted molar refractivity (Wildman–Crippen MR) is 92.8 cm³/mol. The van der Waals surface area contributed by atoms with Crippen molar-refractivity contribution < 1.29 is 14.3 Å². The van der Waals surface area contributed by atoms with Crippen LogP contribution in [-0.4, -0.2) is 53.0 Å². The summed E-state index contributed by atoms with van der Waals surface area (Å²) in [5.41, 5.74) is 2.34. The molecule has 5 heteroatoms. The van der Waals surface area contributed by atoms with Crippen molar-refractivity contribution in [1.82, 2.24) is 9.80 Å². The Hall–Kier alpha value is -2.24. The first-order valence-electron chi connectivity index (χ1n) is 8.69. The average molecular weight is 340 g/mol. The Balaban J connectivity index is 1.41. The molecule has 2 aliphatic rings. The van der Waals surface area contributed by atoms with Crippen LogP contribution in [0.5, 0.6) is 0 Å². The molecular weight excluding hydrogens is 319 g/mol. The lowest BCUT2D eigenvalue weighted by Gasteiger charge is -2.39. The molecule has 130 valence electrons. The van der Waals surface area contributed by atoms with Crippen molar-refractivity contribution in [2.24, 2.45) is 0 Å². The summed E-state index contributed by atoms with van der Waals surface area (Å²) in [5.74, 6) is -0.732. The lowest BCUT2D eigenvalue weighted by Crippen LogP contribution is -2.53. The number of carbonyl (C=O) groups is 1. The minimum absolute atomic E-state index is 0.0584. The zero-order valence-electron chi connectivity index (χ0n) is 13.9. The van der Waals surface area contributed by atoms with Gasteiger partial charge in [0.1, 0.15) is 5.82 Å². The highest BCUT2D eigenvalue weighted by Gasteiger charge is 2.36. The third-order valence-corrected chi connectivity index (χ3v) is 5.34. The molecule has 4 nitrogen and oxygen atoms in total. The van der Waals surface area contributed by atoms with Crippen molar-refractivity contribution in [3.63, 3.8) is 0 Å². The molecule has 0 aromatic heterocycles. The van der Waals surface area contributed by atoms with E-state index in [1.54, 1.807) is 17.0 Å². The smallest absolute Gasteiger partial charge is 0.256 e. The Morgan fingerprint density at radius 2 is 1.68 bits per heavy atom. The maximum absolute atomic E-state index is 13.8. The van der Waals surface area contributed by atoms with E-state index in [0.717, 1.165) is 12.0 Å². The fourth-order valence-corrected chi connectivity index (χ4v) is 3.94. The number of nitrogens with zero attached hydrogens (tertiary/aromatic N) is 2. The maximum Gasteiger partial charge on any atom is 0.256 e. The Morgan fingerprint density at radius 3 is 2.40 bits per heavy atom. The number of piperazine rings is 1. The number of aliphatic hydroxyl groups excluding tert-OH is 1. The molecular formula is C20H21FN2O2. The van der Waals surface area contributed by atoms with Gasteiger partial charge in [0.25, 0.3) is 5.91 Å². The van der Waals surface area contributed by atoms with E-state index in [4.69, 9.17) is 0 Å². The summed E-state index contributed by atoms with van der Waals surface area (Å²) in [5, 5.41) is 10.6. The van der Waals surface area contributed by atoms with Crippen LogP contribution in [0, 0.1) is 5.82 Å². The number of halogens is 1. The lowest BCUT2D eigenvalue weighted by atomic mass is 10.1. The molecule has 1 heterocycles. The van der Waals surface area contributed by atoms with Crippen LogP contribution in [0.3, 0.4) is 0 Å². The Labute approximate surface area is 146 Å². The molecule has 1 aliphatic heterocycles. The van der Waals surface area contributed by atoms with Crippen LogP contribution >= 0.6 is 0 Å². The zero-order chi connectivity index (χ0) is 17.4.